The molecule has 2 aromatic carbocycles. The maximum absolute atomic E-state index is 13.3. The lowest BCUT2D eigenvalue weighted by Crippen LogP contribution is -2.30. The van der Waals surface area contributed by atoms with Crippen molar-refractivity contribution in [3.8, 4) is 11.5 Å². The third-order valence-electron chi connectivity index (χ3n) is 4.90. The van der Waals surface area contributed by atoms with Gasteiger partial charge in [0.25, 0.3) is 0 Å². The predicted octanol–water partition coefficient (Wildman–Crippen LogP) is 4.61. The van der Waals surface area contributed by atoms with Gasteiger partial charge in [0.1, 0.15) is 5.82 Å². The Morgan fingerprint density at radius 3 is 2.25 bits per heavy atom. The molecule has 0 aliphatic carbocycles. The van der Waals surface area contributed by atoms with E-state index in [9.17, 15) is 12.8 Å². The lowest BCUT2D eigenvalue weighted by atomic mass is 10.1. The van der Waals surface area contributed by atoms with Gasteiger partial charge in [-0.05, 0) is 62.6 Å². The van der Waals surface area contributed by atoms with Gasteiger partial charge in [0.15, 0.2) is 0 Å². The van der Waals surface area contributed by atoms with Crippen LogP contribution in [-0.2, 0) is 9.84 Å². The minimum Gasteiger partial charge on any atom is -0.419 e. The van der Waals surface area contributed by atoms with Crippen molar-refractivity contribution in [2.45, 2.75) is 36.1 Å². The number of anilines is 1. The monoisotopic (exact) mass is 400 g/mol. The molecule has 1 fully saturated rings. The lowest BCUT2D eigenvalue weighted by molar-refractivity contribution is 0.499. The van der Waals surface area contributed by atoms with Crippen LogP contribution in [0.2, 0.25) is 0 Å². The van der Waals surface area contributed by atoms with Crippen molar-refractivity contribution in [1.82, 2.24) is 4.98 Å². The molecular formula is C21H21FN2O3S. The Bertz CT molecular complexity index is 1070. The molecular weight excluding hydrogens is 379 g/mol. The van der Waals surface area contributed by atoms with Crippen LogP contribution in [-0.4, -0.2) is 26.5 Å². The Hall–Kier alpha value is -2.67. The Morgan fingerprint density at radius 1 is 0.964 bits per heavy atom. The normalized spacial score (nSPS) is 15.0. The SMILES string of the molecule is Cc1ccc(S(=O)(=O)c2nc(-c3ccc(F)cc3)oc2N2CCCCC2)cc1. The topological polar surface area (TPSA) is 63.4 Å². The van der Waals surface area contributed by atoms with Gasteiger partial charge < -0.3 is 9.32 Å². The molecule has 4 rings (SSSR count). The average molecular weight is 400 g/mol. The van der Waals surface area contributed by atoms with Gasteiger partial charge in [-0.3, -0.25) is 0 Å². The number of halogens is 1. The number of hydrogen-bond donors (Lipinski definition) is 0. The summed E-state index contributed by atoms with van der Waals surface area (Å²) in [5.74, 6) is 0.0601. The molecule has 7 heteroatoms. The highest BCUT2D eigenvalue weighted by atomic mass is 32.2. The first kappa shape index (κ1) is 18.7. The zero-order chi connectivity index (χ0) is 19.7. The van der Waals surface area contributed by atoms with Crippen LogP contribution < -0.4 is 4.90 Å². The molecule has 1 aromatic heterocycles. The molecule has 2 heterocycles. The number of oxazole rings is 1. The van der Waals surface area contributed by atoms with Gasteiger partial charge in [0, 0.05) is 18.7 Å². The van der Waals surface area contributed by atoms with Crippen molar-refractivity contribution < 1.29 is 17.2 Å². The van der Waals surface area contributed by atoms with Crippen LogP contribution in [0.15, 0.2) is 62.9 Å². The Balaban J connectivity index is 1.84. The first-order chi connectivity index (χ1) is 13.4. The Labute approximate surface area is 163 Å². The maximum Gasteiger partial charge on any atom is 0.236 e. The highest BCUT2D eigenvalue weighted by molar-refractivity contribution is 7.91. The van der Waals surface area contributed by atoms with Crippen LogP contribution in [0.4, 0.5) is 10.3 Å². The van der Waals surface area contributed by atoms with Crippen molar-refractivity contribution in [2.75, 3.05) is 18.0 Å². The molecule has 1 aliphatic heterocycles. The fourth-order valence-corrected chi connectivity index (χ4v) is 4.64. The molecule has 5 nitrogen and oxygen atoms in total. The predicted molar refractivity (Wildman–Crippen MR) is 105 cm³/mol. The van der Waals surface area contributed by atoms with Crippen molar-refractivity contribution in [3.05, 3.63) is 59.9 Å². The summed E-state index contributed by atoms with van der Waals surface area (Å²) in [5, 5.41) is -0.0856. The minimum absolute atomic E-state index is 0.0856. The van der Waals surface area contributed by atoms with Crippen LogP contribution in [0.25, 0.3) is 11.5 Å². The van der Waals surface area contributed by atoms with Crippen molar-refractivity contribution in [3.63, 3.8) is 0 Å². The number of aromatic nitrogens is 1. The van der Waals surface area contributed by atoms with E-state index in [0.29, 0.717) is 18.7 Å². The van der Waals surface area contributed by atoms with Crippen molar-refractivity contribution in [1.29, 1.82) is 0 Å². The standard InChI is InChI=1S/C21H21FN2O3S/c1-15-5-11-18(12-6-15)28(25,26)20-21(24-13-3-2-4-14-24)27-19(23-20)16-7-9-17(22)10-8-16/h5-12H,2-4,13-14H2,1H3. The van der Waals surface area contributed by atoms with E-state index in [1.54, 1.807) is 24.3 Å². The van der Waals surface area contributed by atoms with Gasteiger partial charge in [0.05, 0.1) is 4.90 Å². The summed E-state index contributed by atoms with van der Waals surface area (Å²) in [6, 6.07) is 12.3. The van der Waals surface area contributed by atoms with Crippen LogP contribution in [0, 0.1) is 12.7 Å². The van der Waals surface area contributed by atoms with Gasteiger partial charge >= 0.3 is 0 Å². The lowest BCUT2D eigenvalue weighted by Gasteiger charge is -2.26. The summed E-state index contributed by atoms with van der Waals surface area (Å²) in [6.07, 6.45) is 3.04. The average Bonchev–Trinajstić information content (AvgIpc) is 3.16. The fourth-order valence-electron chi connectivity index (χ4n) is 3.31. The van der Waals surface area contributed by atoms with Crippen molar-refractivity contribution >= 4 is 15.7 Å². The van der Waals surface area contributed by atoms with Crippen LogP contribution in [0.5, 0.6) is 0 Å². The quantitative estimate of drug-likeness (QED) is 0.640. The van der Waals surface area contributed by atoms with E-state index in [-0.39, 0.29) is 27.5 Å². The van der Waals surface area contributed by atoms with E-state index in [1.807, 2.05) is 11.8 Å². The molecule has 0 N–H and O–H groups in total. The molecule has 0 bridgehead atoms. The zero-order valence-electron chi connectivity index (χ0n) is 15.6. The van der Waals surface area contributed by atoms with E-state index in [4.69, 9.17) is 4.42 Å². The first-order valence-corrected chi connectivity index (χ1v) is 10.8. The molecule has 1 aliphatic rings. The van der Waals surface area contributed by atoms with Gasteiger partial charge in [-0.2, -0.15) is 4.98 Å². The zero-order valence-corrected chi connectivity index (χ0v) is 16.4. The second-order valence-corrected chi connectivity index (χ2v) is 8.87. The number of nitrogens with zero attached hydrogens (tertiary/aromatic N) is 2. The summed E-state index contributed by atoms with van der Waals surface area (Å²) >= 11 is 0. The van der Waals surface area contributed by atoms with Gasteiger partial charge in [0.2, 0.25) is 26.6 Å². The molecule has 28 heavy (non-hydrogen) atoms. The van der Waals surface area contributed by atoms with Gasteiger partial charge in [-0.1, -0.05) is 17.7 Å². The Morgan fingerprint density at radius 2 is 1.61 bits per heavy atom. The molecule has 0 amide bonds. The van der Waals surface area contributed by atoms with Crippen molar-refractivity contribution in [2.24, 2.45) is 0 Å². The smallest absolute Gasteiger partial charge is 0.236 e. The summed E-state index contributed by atoms with van der Waals surface area (Å²) in [7, 11) is -3.85. The largest absolute Gasteiger partial charge is 0.419 e. The van der Waals surface area contributed by atoms with E-state index < -0.39 is 9.84 Å². The summed E-state index contributed by atoms with van der Waals surface area (Å²) in [6.45, 7) is 3.33. The second kappa shape index (κ2) is 7.39. The number of hydrogen-bond acceptors (Lipinski definition) is 5. The fraction of sp³-hybridized carbons (Fsp3) is 0.286. The second-order valence-electron chi connectivity index (χ2n) is 7.00. The number of aryl methyl sites for hydroxylation is 1. The molecule has 0 radical (unpaired) electrons. The molecule has 0 unspecified atom stereocenters. The maximum atomic E-state index is 13.3. The van der Waals surface area contributed by atoms with E-state index >= 15 is 0 Å². The van der Waals surface area contributed by atoms with Gasteiger partial charge in [-0.15, -0.1) is 0 Å². The van der Waals surface area contributed by atoms with E-state index in [1.165, 1.54) is 24.3 Å². The van der Waals surface area contributed by atoms with E-state index in [0.717, 1.165) is 24.8 Å². The summed E-state index contributed by atoms with van der Waals surface area (Å²) < 4.78 is 45.8. The number of piperidine rings is 1. The molecule has 1 saturated heterocycles. The third kappa shape index (κ3) is 3.54. The number of rotatable bonds is 4. The first-order valence-electron chi connectivity index (χ1n) is 9.28. The molecule has 3 aromatic rings. The van der Waals surface area contributed by atoms with Crippen LogP contribution in [0.1, 0.15) is 24.8 Å². The summed E-state index contributed by atoms with van der Waals surface area (Å²) in [4.78, 5) is 6.45. The van der Waals surface area contributed by atoms with Crippen LogP contribution >= 0.6 is 0 Å². The number of sulfone groups is 1. The van der Waals surface area contributed by atoms with Gasteiger partial charge in [-0.25, -0.2) is 12.8 Å². The van der Waals surface area contributed by atoms with Crippen LogP contribution in [0.3, 0.4) is 0 Å². The molecule has 0 atom stereocenters. The molecule has 146 valence electrons. The highest BCUT2D eigenvalue weighted by Gasteiger charge is 2.31. The number of benzene rings is 2. The minimum atomic E-state index is -3.85. The molecule has 0 spiro atoms. The molecule has 0 saturated carbocycles. The third-order valence-corrected chi connectivity index (χ3v) is 6.57. The van der Waals surface area contributed by atoms with E-state index in [2.05, 4.69) is 4.98 Å². The Kier molecular flexibility index (Phi) is 4.93. The highest BCUT2D eigenvalue weighted by Crippen LogP contribution is 2.35. The summed E-state index contributed by atoms with van der Waals surface area (Å²) in [5.41, 5.74) is 1.51.